The lowest BCUT2D eigenvalue weighted by Crippen LogP contribution is -2.32. The van der Waals surface area contributed by atoms with Crippen LogP contribution in [-0.2, 0) is 0 Å². The molecule has 0 aromatic carbocycles. The lowest BCUT2D eigenvalue weighted by molar-refractivity contribution is 0.108. The van der Waals surface area contributed by atoms with Crippen molar-refractivity contribution >= 4 is 0 Å². The lowest BCUT2D eigenvalue weighted by atomic mass is 10.0. The molecule has 0 bridgehead atoms. The van der Waals surface area contributed by atoms with Crippen LogP contribution in [0.25, 0.3) is 0 Å². The van der Waals surface area contributed by atoms with Crippen molar-refractivity contribution in [3.8, 4) is 0 Å². The van der Waals surface area contributed by atoms with Crippen molar-refractivity contribution in [2.75, 3.05) is 19.6 Å². The van der Waals surface area contributed by atoms with Crippen molar-refractivity contribution in [3.05, 3.63) is 0 Å². The fourth-order valence-corrected chi connectivity index (χ4v) is 2.92. The Labute approximate surface area is 134 Å². The minimum Gasteiger partial charge on any atom is -0.392 e. The molecule has 1 N–H and O–H groups in total. The van der Waals surface area contributed by atoms with E-state index in [9.17, 15) is 5.11 Å². The van der Waals surface area contributed by atoms with E-state index in [1.165, 1.54) is 70.6 Å². The number of unbranched alkanes of at least 4 members (excludes halogenated alkanes) is 10. The smallest absolute Gasteiger partial charge is 0.0667 e. The van der Waals surface area contributed by atoms with Gasteiger partial charge in [0.15, 0.2) is 0 Å². The first kappa shape index (κ1) is 20.9. The topological polar surface area (TPSA) is 23.5 Å². The molecule has 128 valence electrons. The molecule has 0 aliphatic rings. The molecule has 0 heterocycles. The molecule has 0 aromatic heterocycles. The molecule has 2 heteroatoms. The number of hydrogen-bond acceptors (Lipinski definition) is 2. The fraction of sp³-hybridized carbons (Fsp3) is 1.00. The van der Waals surface area contributed by atoms with Crippen LogP contribution in [-0.4, -0.2) is 35.7 Å². The highest BCUT2D eigenvalue weighted by Gasteiger charge is 2.08. The Bertz CT molecular complexity index is 192. The van der Waals surface area contributed by atoms with Crippen LogP contribution in [0.1, 0.15) is 97.8 Å². The third kappa shape index (κ3) is 14.6. The van der Waals surface area contributed by atoms with Gasteiger partial charge in [0.05, 0.1) is 6.10 Å². The van der Waals surface area contributed by atoms with E-state index >= 15 is 0 Å². The fourth-order valence-electron chi connectivity index (χ4n) is 2.92. The van der Waals surface area contributed by atoms with E-state index in [0.29, 0.717) is 0 Å². The second kappa shape index (κ2) is 16.3. The summed E-state index contributed by atoms with van der Waals surface area (Å²) in [5.74, 6) is 0. The molecule has 0 fully saturated rings. The molecular weight excluding hydrogens is 258 g/mol. The molecule has 0 saturated heterocycles. The molecule has 1 unspecified atom stereocenters. The van der Waals surface area contributed by atoms with Crippen LogP contribution >= 0.6 is 0 Å². The van der Waals surface area contributed by atoms with Gasteiger partial charge in [-0.15, -0.1) is 0 Å². The van der Waals surface area contributed by atoms with E-state index in [0.717, 1.165) is 26.1 Å². The first-order valence-electron chi connectivity index (χ1n) is 9.64. The molecular formula is C19H41NO. The molecule has 0 amide bonds. The summed E-state index contributed by atoms with van der Waals surface area (Å²) in [6, 6.07) is 0. The van der Waals surface area contributed by atoms with E-state index in [2.05, 4.69) is 25.7 Å². The maximum atomic E-state index is 9.98. The summed E-state index contributed by atoms with van der Waals surface area (Å²) >= 11 is 0. The van der Waals surface area contributed by atoms with Crippen LogP contribution in [0.3, 0.4) is 0 Å². The molecule has 1 atom stereocenters. The lowest BCUT2D eigenvalue weighted by Gasteiger charge is -2.21. The van der Waals surface area contributed by atoms with Gasteiger partial charge in [0.1, 0.15) is 0 Å². The number of aliphatic hydroxyl groups is 1. The molecule has 0 aliphatic carbocycles. The zero-order chi connectivity index (χ0) is 15.8. The first-order valence-corrected chi connectivity index (χ1v) is 9.64. The van der Waals surface area contributed by atoms with Gasteiger partial charge in [0.25, 0.3) is 0 Å². The van der Waals surface area contributed by atoms with Gasteiger partial charge in [0, 0.05) is 6.54 Å². The quantitative estimate of drug-likeness (QED) is 0.386. The van der Waals surface area contributed by atoms with Gasteiger partial charge in [-0.05, 0) is 19.5 Å². The molecule has 0 radical (unpaired) electrons. The normalized spacial score (nSPS) is 13.0. The molecule has 0 aromatic rings. The Balaban J connectivity index is 3.21. The highest BCUT2D eigenvalue weighted by molar-refractivity contribution is 4.62. The van der Waals surface area contributed by atoms with Crippen LogP contribution in [0, 0.1) is 0 Å². The third-order valence-electron chi connectivity index (χ3n) is 4.50. The van der Waals surface area contributed by atoms with Crippen molar-refractivity contribution in [3.63, 3.8) is 0 Å². The zero-order valence-corrected chi connectivity index (χ0v) is 15.1. The van der Waals surface area contributed by atoms with E-state index in [-0.39, 0.29) is 6.10 Å². The van der Waals surface area contributed by atoms with Crippen molar-refractivity contribution in [2.24, 2.45) is 0 Å². The molecule has 0 spiro atoms. The van der Waals surface area contributed by atoms with Crippen LogP contribution in [0.4, 0.5) is 0 Å². The van der Waals surface area contributed by atoms with Gasteiger partial charge in [-0.1, -0.05) is 91.4 Å². The van der Waals surface area contributed by atoms with Crippen LogP contribution in [0.5, 0.6) is 0 Å². The second-order valence-electron chi connectivity index (χ2n) is 6.46. The molecule has 0 aliphatic heterocycles. The minimum atomic E-state index is -0.122. The van der Waals surface area contributed by atoms with Crippen LogP contribution in [0.2, 0.25) is 0 Å². The summed E-state index contributed by atoms with van der Waals surface area (Å²) < 4.78 is 0. The third-order valence-corrected chi connectivity index (χ3v) is 4.50. The maximum Gasteiger partial charge on any atom is 0.0667 e. The van der Waals surface area contributed by atoms with Crippen LogP contribution in [0.15, 0.2) is 0 Å². The number of rotatable bonds is 16. The number of aliphatic hydroxyl groups excluding tert-OH is 1. The second-order valence-corrected chi connectivity index (χ2v) is 6.46. The summed E-state index contributed by atoms with van der Waals surface area (Å²) in [6.45, 7) is 9.55. The van der Waals surface area contributed by atoms with Gasteiger partial charge >= 0.3 is 0 Å². The summed E-state index contributed by atoms with van der Waals surface area (Å²) in [5.41, 5.74) is 0. The summed E-state index contributed by atoms with van der Waals surface area (Å²) in [7, 11) is 0. The largest absolute Gasteiger partial charge is 0.392 e. The maximum absolute atomic E-state index is 9.98. The van der Waals surface area contributed by atoms with Gasteiger partial charge < -0.3 is 10.0 Å². The summed E-state index contributed by atoms with van der Waals surface area (Å²) in [4.78, 5) is 2.31. The summed E-state index contributed by atoms with van der Waals surface area (Å²) in [5, 5.41) is 9.98. The van der Waals surface area contributed by atoms with Crippen LogP contribution < -0.4 is 0 Å². The van der Waals surface area contributed by atoms with Crippen molar-refractivity contribution < 1.29 is 5.11 Å². The SMILES string of the molecule is CCCCCCCCCCCCCC(O)CN(CC)CC. The van der Waals surface area contributed by atoms with Crippen molar-refractivity contribution in [2.45, 2.75) is 104 Å². The Morgan fingerprint density at radius 3 is 1.52 bits per heavy atom. The molecule has 21 heavy (non-hydrogen) atoms. The predicted molar refractivity (Wildman–Crippen MR) is 94.9 cm³/mol. The molecule has 2 nitrogen and oxygen atoms in total. The van der Waals surface area contributed by atoms with Crippen molar-refractivity contribution in [1.82, 2.24) is 4.90 Å². The standard InChI is InChI=1S/C19H41NO/c1-4-7-8-9-10-11-12-13-14-15-16-17-19(21)18-20(5-2)6-3/h19,21H,4-18H2,1-3H3. The minimum absolute atomic E-state index is 0.122. The predicted octanol–water partition coefficient (Wildman–Crippen LogP) is 5.39. The molecule has 0 rings (SSSR count). The number of hydrogen-bond donors (Lipinski definition) is 1. The van der Waals surface area contributed by atoms with E-state index < -0.39 is 0 Å². The monoisotopic (exact) mass is 299 g/mol. The van der Waals surface area contributed by atoms with E-state index in [4.69, 9.17) is 0 Å². The Hall–Kier alpha value is -0.0800. The molecule has 0 saturated carbocycles. The Kier molecular flexibility index (Phi) is 16.2. The Morgan fingerprint density at radius 2 is 1.10 bits per heavy atom. The first-order chi connectivity index (χ1) is 10.2. The van der Waals surface area contributed by atoms with Gasteiger partial charge in [0.2, 0.25) is 0 Å². The highest BCUT2D eigenvalue weighted by Crippen LogP contribution is 2.12. The number of likely N-dealkylation sites (N-methyl/N-ethyl adjacent to an activating group) is 1. The number of nitrogens with zero attached hydrogens (tertiary/aromatic N) is 1. The van der Waals surface area contributed by atoms with E-state index in [1.54, 1.807) is 0 Å². The van der Waals surface area contributed by atoms with Gasteiger partial charge in [-0.25, -0.2) is 0 Å². The zero-order valence-electron chi connectivity index (χ0n) is 15.1. The highest BCUT2D eigenvalue weighted by atomic mass is 16.3. The summed E-state index contributed by atoms with van der Waals surface area (Å²) in [6.07, 6.45) is 16.0. The van der Waals surface area contributed by atoms with E-state index in [1.807, 2.05) is 0 Å². The van der Waals surface area contributed by atoms with Crippen molar-refractivity contribution in [1.29, 1.82) is 0 Å². The average molecular weight is 300 g/mol. The van der Waals surface area contributed by atoms with Gasteiger partial charge in [-0.3, -0.25) is 0 Å². The van der Waals surface area contributed by atoms with Gasteiger partial charge in [-0.2, -0.15) is 0 Å². The Morgan fingerprint density at radius 1 is 0.667 bits per heavy atom. The average Bonchev–Trinajstić information content (AvgIpc) is 2.50.